The molecule has 0 radical (unpaired) electrons. The fourth-order valence-corrected chi connectivity index (χ4v) is 2.65. The Morgan fingerprint density at radius 1 is 1.04 bits per heavy atom. The summed E-state index contributed by atoms with van der Waals surface area (Å²) in [7, 11) is 1.66. The number of methoxy groups -OCH3 is 1. The third-order valence-corrected chi connectivity index (χ3v) is 4.16. The maximum Gasteiger partial charge on any atom is 0.281 e. The van der Waals surface area contributed by atoms with Crippen LogP contribution < -0.4 is 9.64 Å². The van der Waals surface area contributed by atoms with Crippen LogP contribution in [-0.4, -0.2) is 55.8 Å². The molecule has 0 bridgehead atoms. The molecule has 1 aromatic carbocycles. The van der Waals surface area contributed by atoms with Crippen LogP contribution in [-0.2, 0) is 4.79 Å². The predicted octanol–water partition coefficient (Wildman–Crippen LogP) is 1.73. The van der Waals surface area contributed by atoms with Gasteiger partial charge in [-0.1, -0.05) is 6.58 Å². The Bertz CT molecular complexity index is 683. The van der Waals surface area contributed by atoms with Crippen molar-refractivity contribution in [3.63, 3.8) is 0 Å². The minimum atomic E-state index is -0.287. The second-order valence-corrected chi connectivity index (χ2v) is 5.56. The highest BCUT2D eigenvalue weighted by atomic mass is 16.5. The van der Waals surface area contributed by atoms with Gasteiger partial charge in [-0.3, -0.25) is 4.79 Å². The molecule has 6 nitrogen and oxygen atoms in total. The fourth-order valence-electron chi connectivity index (χ4n) is 2.65. The number of guanidine groups is 1. The van der Waals surface area contributed by atoms with Gasteiger partial charge in [0.2, 0.25) is 5.96 Å². The summed E-state index contributed by atoms with van der Waals surface area (Å²) in [4.78, 5) is 24.6. The van der Waals surface area contributed by atoms with Crippen LogP contribution in [0.4, 0.5) is 5.69 Å². The van der Waals surface area contributed by atoms with E-state index in [0.29, 0.717) is 17.2 Å². The molecule has 1 saturated heterocycles. The van der Waals surface area contributed by atoms with Gasteiger partial charge in [-0.2, -0.15) is 4.99 Å². The van der Waals surface area contributed by atoms with Crippen LogP contribution in [0.2, 0.25) is 0 Å². The van der Waals surface area contributed by atoms with Gasteiger partial charge in [-0.05, 0) is 31.2 Å². The molecular weight excluding hydrogens is 292 g/mol. The third kappa shape index (κ3) is 3.11. The standard InChI is InChI=1S/C17H20N4O2/c1-12-13(2)18-17(19-16(12)22)21-10-8-20(9-11-21)14-4-6-15(23-3)7-5-14/h4-7H,1,8-11H2,2-3H3. The number of carbonyl (C=O) groups excluding carboxylic acids is 1. The molecule has 0 atom stereocenters. The largest absolute Gasteiger partial charge is 0.497 e. The van der Waals surface area contributed by atoms with E-state index < -0.39 is 0 Å². The number of anilines is 1. The molecule has 0 unspecified atom stereocenters. The maximum atomic E-state index is 11.8. The number of benzene rings is 1. The minimum absolute atomic E-state index is 0.287. The predicted molar refractivity (Wildman–Crippen MR) is 91.5 cm³/mol. The van der Waals surface area contributed by atoms with Gasteiger partial charge < -0.3 is 14.5 Å². The van der Waals surface area contributed by atoms with Crippen molar-refractivity contribution in [2.24, 2.45) is 9.98 Å². The lowest BCUT2D eigenvalue weighted by molar-refractivity contribution is -0.114. The van der Waals surface area contributed by atoms with Gasteiger partial charge >= 0.3 is 0 Å². The lowest BCUT2D eigenvalue weighted by atomic mass is 10.2. The average molecular weight is 312 g/mol. The van der Waals surface area contributed by atoms with Crippen LogP contribution in [0.1, 0.15) is 6.92 Å². The molecule has 1 aromatic rings. The Morgan fingerprint density at radius 2 is 1.65 bits per heavy atom. The van der Waals surface area contributed by atoms with E-state index >= 15 is 0 Å². The van der Waals surface area contributed by atoms with E-state index in [1.54, 1.807) is 14.0 Å². The Kier molecular flexibility index (Phi) is 4.14. The summed E-state index contributed by atoms with van der Waals surface area (Å²) in [5.41, 5.74) is 2.20. The van der Waals surface area contributed by atoms with Crippen molar-refractivity contribution >= 4 is 23.3 Å². The van der Waals surface area contributed by atoms with Crippen LogP contribution in [0.25, 0.3) is 0 Å². The first-order valence-electron chi connectivity index (χ1n) is 7.60. The second-order valence-electron chi connectivity index (χ2n) is 5.56. The van der Waals surface area contributed by atoms with Crippen molar-refractivity contribution in [1.82, 2.24) is 4.90 Å². The van der Waals surface area contributed by atoms with Crippen LogP contribution in [0.5, 0.6) is 5.75 Å². The molecule has 120 valence electrons. The monoisotopic (exact) mass is 312 g/mol. The van der Waals surface area contributed by atoms with Gasteiger partial charge in [0.25, 0.3) is 5.91 Å². The summed E-state index contributed by atoms with van der Waals surface area (Å²) in [6.07, 6.45) is 0. The van der Waals surface area contributed by atoms with Gasteiger partial charge in [0.1, 0.15) is 5.75 Å². The number of amides is 1. The van der Waals surface area contributed by atoms with Crippen LogP contribution in [0.3, 0.4) is 0 Å². The molecule has 2 heterocycles. The van der Waals surface area contributed by atoms with E-state index in [1.165, 1.54) is 5.69 Å². The summed E-state index contributed by atoms with van der Waals surface area (Å²) >= 11 is 0. The van der Waals surface area contributed by atoms with Gasteiger partial charge in [0, 0.05) is 31.9 Å². The second kappa shape index (κ2) is 6.24. The van der Waals surface area contributed by atoms with E-state index in [-0.39, 0.29) is 5.91 Å². The number of piperazine rings is 1. The van der Waals surface area contributed by atoms with Gasteiger partial charge in [-0.25, -0.2) is 4.99 Å². The quantitative estimate of drug-likeness (QED) is 0.781. The van der Waals surface area contributed by atoms with E-state index in [9.17, 15) is 4.79 Å². The van der Waals surface area contributed by atoms with Crippen LogP contribution in [0, 0.1) is 0 Å². The average Bonchev–Trinajstić information content (AvgIpc) is 2.59. The molecule has 1 amide bonds. The molecule has 1 fully saturated rings. The first-order chi connectivity index (χ1) is 11.1. The molecular formula is C17H20N4O2. The first-order valence-corrected chi connectivity index (χ1v) is 7.60. The van der Waals surface area contributed by atoms with Crippen molar-refractivity contribution in [3.05, 3.63) is 36.4 Å². The van der Waals surface area contributed by atoms with Crippen molar-refractivity contribution in [1.29, 1.82) is 0 Å². The third-order valence-electron chi connectivity index (χ3n) is 4.16. The summed E-state index contributed by atoms with van der Waals surface area (Å²) in [5.74, 6) is 1.08. The van der Waals surface area contributed by atoms with Crippen molar-refractivity contribution < 1.29 is 9.53 Å². The Morgan fingerprint density at radius 3 is 2.22 bits per heavy atom. The first kappa shape index (κ1) is 15.3. The van der Waals surface area contributed by atoms with Gasteiger partial charge in [0.15, 0.2) is 0 Å². The zero-order valence-electron chi connectivity index (χ0n) is 13.5. The maximum absolute atomic E-state index is 11.8. The van der Waals surface area contributed by atoms with Crippen molar-refractivity contribution in [3.8, 4) is 5.75 Å². The molecule has 6 heteroatoms. The highest BCUT2D eigenvalue weighted by Crippen LogP contribution is 2.21. The highest BCUT2D eigenvalue weighted by molar-refractivity contribution is 6.27. The summed E-state index contributed by atoms with van der Waals surface area (Å²) in [6, 6.07) is 8.04. The number of rotatable bonds is 2. The highest BCUT2D eigenvalue weighted by Gasteiger charge is 2.24. The normalized spacial score (nSPS) is 18.7. The minimum Gasteiger partial charge on any atom is -0.497 e. The van der Waals surface area contributed by atoms with Crippen molar-refractivity contribution in [2.45, 2.75) is 6.92 Å². The summed E-state index contributed by atoms with van der Waals surface area (Å²) < 4.78 is 5.19. The molecule has 3 rings (SSSR count). The topological polar surface area (TPSA) is 57.5 Å². The van der Waals surface area contributed by atoms with E-state index in [4.69, 9.17) is 4.74 Å². The van der Waals surface area contributed by atoms with Gasteiger partial charge in [-0.15, -0.1) is 0 Å². The van der Waals surface area contributed by atoms with Crippen molar-refractivity contribution in [2.75, 3.05) is 38.2 Å². The molecule has 0 saturated carbocycles. The van der Waals surface area contributed by atoms with Crippen LogP contribution >= 0.6 is 0 Å². The van der Waals surface area contributed by atoms with Gasteiger partial charge in [0.05, 0.1) is 18.4 Å². The Balaban J connectivity index is 1.65. The Labute approximate surface area is 135 Å². The lowest BCUT2D eigenvalue weighted by Gasteiger charge is -2.37. The Hall–Kier alpha value is -2.63. The van der Waals surface area contributed by atoms with E-state index in [1.807, 2.05) is 17.0 Å². The number of aliphatic imine (C=N–C) groups is 2. The van der Waals surface area contributed by atoms with E-state index in [2.05, 4.69) is 33.6 Å². The molecule has 0 N–H and O–H groups in total. The molecule has 0 aliphatic carbocycles. The smallest absolute Gasteiger partial charge is 0.281 e. The summed E-state index contributed by atoms with van der Waals surface area (Å²) in [6.45, 7) is 8.76. The van der Waals surface area contributed by atoms with Crippen LogP contribution in [0.15, 0.2) is 46.4 Å². The molecule has 23 heavy (non-hydrogen) atoms. The number of ether oxygens (including phenoxy) is 1. The molecule has 0 aromatic heterocycles. The number of hydrogen-bond donors (Lipinski definition) is 0. The number of hydrogen-bond acceptors (Lipinski definition) is 5. The lowest BCUT2D eigenvalue weighted by Crippen LogP contribution is -2.49. The zero-order chi connectivity index (χ0) is 16.4. The fraction of sp³-hybridized carbons (Fsp3) is 0.353. The molecule has 0 spiro atoms. The molecule has 2 aliphatic rings. The van der Waals surface area contributed by atoms with E-state index in [0.717, 1.165) is 31.9 Å². The number of carbonyl (C=O) groups is 1. The summed E-state index contributed by atoms with van der Waals surface area (Å²) in [5, 5.41) is 0. The zero-order valence-corrected chi connectivity index (χ0v) is 13.5. The SMILES string of the molecule is C=C1C(=O)N=C(N2CCN(c3ccc(OC)cc3)CC2)N=C1C. The molecule has 2 aliphatic heterocycles. The number of nitrogens with zero attached hydrogens (tertiary/aromatic N) is 4.